The number of amides is 1. The summed E-state index contributed by atoms with van der Waals surface area (Å²) < 4.78 is 16.2. The summed E-state index contributed by atoms with van der Waals surface area (Å²) in [5.41, 5.74) is 1.36. The van der Waals surface area contributed by atoms with Gasteiger partial charge in [-0.25, -0.2) is 4.98 Å². The first-order valence-electron chi connectivity index (χ1n) is 7.84. The molecule has 0 aliphatic carbocycles. The molecule has 0 aliphatic rings. The topological polar surface area (TPSA) is 77.5 Å². The van der Waals surface area contributed by atoms with Crippen LogP contribution in [0.25, 0.3) is 10.8 Å². The molecule has 0 saturated heterocycles. The van der Waals surface area contributed by atoms with Gasteiger partial charge in [0, 0.05) is 5.69 Å². The third-order valence-electron chi connectivity index (χ3n) is 3.53. The molecule has 0 aliphatic heterocycles. The van der Waals surface area contributed by atoms with Gasteiger partial charge in [0.1, 0.15) is 24.3 Å². The van der Waals surface area contributed by atoms with Crippen LogP contribution in [-0.4, -0.2) is 10.9 Å². The van der Waals surface area contributed by atoms with E-state index >= 15 is 0 Å². The highest BCUT2D eigenvalue weighted by atomic mass is 32.1. The van der Waals surface area contributed by atoms with Gasteiger partial charge >= 0.3 is 0 Å². The van der Waals surface area contributed by atoms with E-state index < -0.39 is 0 Å². The highest BCUT2D eigenvalue weighted by Gasteiger charge is 2.10. The normalized spacial score (nSPS) is 10.6. The lowest BCUT2D eigenvalue weighted by Gasteiger charge is -2.06. The second kappa shape index (κ2) is 7.28. The Morgan fingerprint density at radius 3 is 2.73 bits per heavy atom. The quantitative estimate of drug-likeness (QED) is 0.529. The monoisotopic (exact) mass is 366 g/mol. The molecule has 0 saturated carbocycles. The summed E-state index contributed by atoms with van der Waals surface area (Å²) in [5.74, 6) is 1.22. The number of oxazole rings is 1. The van der Waals surface area contributed by atoms with E-state index in [0.717, 1.165) is 4.88 Å². The van der Waals surface area contributed by atoms with Crippen LogP contribution in [0.1, 0.15) is 16.2 Å². The number of carbonyl (C=O) groups is 1. The van der Waals surface area contributed by atoms with E-state index in [1.165, 1.54) is 6.26 Å². The lowest BCUT2D eigenvalue weighted by atomic mass is 10.3. The molecule has 1 N–H and O–H groups in total. The molecule has 0 radical (unpaired) electrons. The van der Waals surface area contributed by atoms with E-state index in [1.54, 1.807) is 54.0 Å². The molecule has 0 fully saturated rings. The summed E-state index contributed by atoms with van der Waals surface area (Å²) in [7, 11) is 0. The fraction of sp³-hybridized carbons (Fsp3) is 0.0526. The summed E-state index contributed by atoms with van der Waals surface area (Å²) >= 11 is 1.57. The number of ether oxygens (including phenoxy) is 1. The van der Waals surface area contributed by atoms with Crippen molar-refractivity contribution in [1.29, 1.82) is 0 Å². The number of nitrogens with one attached hydrogen (secondary N) is 1. The first-order valence-corrected chi connectivity index (χ1v) is 8.72. The van der Waals surface area contributed by atoms with Crippen LogP contribution in [0.5, 0.6) is 5.75 Å². The molecule has 3 heterocycles. The molecular formula is C19H14N2O4S. The Bertz CT molecular complexity index is 973. The van der Waals surface area contributed by atoms with Gasteiger partial charge in [0.2, 0.25) is 5.89 Å². The maximum atomic E-state index is 11.9. The van der Waals surface area contributed by atoms with Gasteiger partial charge in [0.15, 0.2) is 5.76 Å². The Balaban J connectivity index is 1.34. The molecule has 3 aromatic heterocycles. The van der Waals surface area contributed by atoms with E-state index in [1.807, 2.05) is 17.5 Å². The minimum atomic E-state index is -0.299. The van der Waals surface area contributed by atoms with Crippen molar-refractivity contribution in [2.45, 2.75) is 6.61 Å². The molecule has 0 atom stereocenters. The second-order valence-corrected chi connectivity index (χ2v) is 6.31. The number of hydrogen-bond acceptors (Lipinski definition) is 6. The van der Waals surface area contributed by atoms with Gasteiger partial charge in [-0.15, -0.1) is 11.3 Å². The lowest BCUT2D eigenvalue weighted by Crippen LogP contribution is -2.10. The Kier molecular flexibility index (Phi) is 4.53. The van der Waals surface area contributed by atoms with Crippen molar-refractivity contribution in [2.24, 2.45) is 0 Å². The second-order valence-electron chi connectivity index (χ2n) is 5.37. The van der Waals surface area contributed by atoms with E-state index in [9.17, 15) is 4.79 Å². The van der Waals surface area contributed by atoms with Gasteiger partial charge < -0.3 is 18.9 Å². The zero-order valence-corrected chi connectivity index (χ0v) is 14.4. The molecule has 4 rings (SSSR count). The maximum Gasteiger partial charge on any atom is 0.291 e. The summed E-state index contributed by atoms with van der Waals surface area (Å²) in [6.07, 6.45) is 3.05. The zero-order chi connectivity index (χ0) is 17.8. The fourth-order valence-electron chi connectivity index (χ4n) is 2.28. The van der Waals surface area contributed by atoms with Crippen LogP contribution in [0, 0.1) is 0 Å². The molecule has 6 nitrogen and oxygen atoms in total. The number of benzene rings is 1. The van der Waals surface area contributed by atoms with Crippen LogP contribution in [0.3, 0.4) is 0 Å². The number of anilines is 1. The predicted molar refractivity (Wildman–Crippen MR) is 97.3 cm³/mol. The highest BCUT2D eigenvalue weighted by Crippen LogP contribution is 2.24. The van der Waals surface area contributed by atoms with E-state index in [-0.39, 0.29) is 11.7 Å². The number of thiophene rings is 1. The van der Waals surface area contributed by atoms with Gasteiger partial charge in [-0.3, -0.25) is 4.79 Å². The van der Waals surface area contributed by atoms with Crippen molar-refractivity contribution < 1.29 is 18.4 Å². The SMILES string of the molecule is O=C(Nc1ccc(OCc2coc(-c3cccs3)n2)cc1)c1ccco1. The number of nitrogens with zero attached hydrogens (tertiary/aromatic N) is 1. The van der Waals surface area contributed by atoms with Crippen molar-refractivity contribution in [3.05, 3.63) is 77.9 Å². The van der Waals surface area contributed by atoms with Crippen molar-refractivity contribution in [3.8, 4) is 16.5 Å². The first kappa shape index (κ1) is 16.2. The summed E-state index contributed by atoms with van der Waals surface area (Å²) in [4.78, 5) is 17.3. The number of furan rings is 1. The summed E-state index contributed by atoms with van der Waals surface area (Å²) in [5, 5.41) is 4.72. The van der Waals surface area contributed by atoms with Crippen molar-refractivity contribution in [3.63, 3.8) is 0 Å². The maximum absolute atomic E-state index is 11.9. The number of aromatic nitrogens is 1. The van der Waals surface area contributed by atoms with E-state index in [0.29, 0.717) is 29.6 Å². The Morgan fingerprint density at radius 2 is 2.00 bits per heavy atom. The largest absolute Gasteiger partial charge is 0.487 e. The van der Waals surface area contributed by atoms with Gasteiger partial charge in [-0.1, -0.05) is 6.07 Å². The standard InChI is InChI=1S/C19H14N2O4S/c22-18(16-3-1-9-23-16)20-13-5-7-15(8-6-13)24-11-14-12-25-19(21-14)17-4-2-10-26-17/h1-10,12H,11H2,(H,20,22). The highest BCUT2D eigenvalue weighted by molar-refractivity contribution is 7.13. The third-order valence-corrected chi connectivity index (χ3v) is 4.39. The van der Waals surface area contributed by atoms with Crippen LogP contribution in [0.15, 0.2) is 75.3 Å². The van der Waals surface area contributed by atoms with E-state index in [4.69, 9.17) is 13.6 Å². The van der Waals surface area contributed by atoms with Gasteiger partial charge in [-0.2, -0.15) is 0 Å². The van der Waals surface area contributed by atoms with Crippen LogP contribution >= 0.6 is 11.3 Å². The van der Waals surface area contributed by atoms with Crippen molar-refractivity contribution in [1.82, 2.24) is 4.98 Å². The predicted octanol–water partition coefficient (Wildman–Crippen LogP) is 4.83. The number of hydrogen-bond donors (Lipinski definition) is 1. The smallest absolute Gasteiger partial charge is 0.291 e. The number of rotatable bonds is 6. The molecule has 130 valence electrons. The first-order chi connectivity index (χ1) is 12.8. The fourth-order valence-corrected chi connectivity index (χ4v) is 2.93. The summed E-state index contributed by atoms with van der Waals surface area (Å²) in [6, 6.07) is 14.3. The molecule has 1 amide bonds. The van der Waals surface area contributed by atoms with Gasteiger partial charge in [0.25, 0.3) is 5.91 Å². The average molecular weight is 366 g/mol. The lowest BCUT2D eigenvalue weighted by molar-refractivity contribution is 0.0996. The Labute approximate surface area is 153 Å². The van der Waals surface area contributed by atoms with Crippen molar-refractivity contribution >= 4 is 22.9 Å². The van der Waals surface area contributed by atoms with Crippen LogP contribution in [-0.2, 0) is 6.61 Å². The molecule has 26 heavy (non-hydrogen) atoms. The van der Waals surface area contributed by atoms with Gasteiger partial charge in [-0.05, 0) is 47.8 Å². The third kappa shape index (κ3) is 3.68. The minimum Gasteiger partial charge on any atom is -0.487 e. The van der Waals surface area contributed by atoms with Crippen LogP contribution in [0.2, 0.25) is 0 Å². The molecule has 4 aromatic rings. The zero-order valence-electron chi connectivity index (χ0n) is 13.5. The van der Waals surface area contributed by atoms with Crippen LogP contribution < -0.4 is 10.1 Å². The Morgan fingerprint density at radius 1 is 1.12 bits per heavy atom. The molecule has 0 unspecified atom stereocenters. The average Bonchev–Trinajstić information content (AvgIpc) is 3.43. The van der Waals surface area contributed by atoms with Crippen LogP contribution in [0.4, 0.5) is 5.69 Å². The van der Waals surface area contributed by atoms with Crippen molar-refractivity contribution in [2.75, 3.05) is 5.32 Å². The molecule has 1 aromatic carbocycles. The van der Waals surface area contributed by atoms with Gasteiger partial charge in [0.05, 0.1) is 11.1 Å². The summed E-state index contributed by atoms with van der Waals surface area (Å²) in [6.45, 7) is 0.299. The molecular weight excluding hydrogens is 352 g/mol. The Hall–Kier alpha value is -3.32. The minimum absolute atomic E-state index is 0.262. The molecule has 7 heteroatoms. The number of carbonyl (C=O) groups excluding carboxylic acids is 1. The van der Waals surface area contributed by atoms with E-state index in [2.05, 4.69) is 10.3 Å². The molecule has 0 bridgehead atoms. The molecule has 0 spiro atoms.